The van der Waals surface area contributed by atoms with Crippen LogP contribution in [0, 0.1) is 0 Å². The van der Waals surface area contributed by atoms with Gasteiger partial charge < -0.3 is 9.84 Å². The van der Waals surface area contributed by atoms with E-state index < -0.39 is 12.1 Å². The van der Waals surface area contributed by atoms with Gasteiger partial charge in [0.25, 0.3) is 0 Å². The predicted molar refractivity (Wildman–Crippen MR) is 111 cm³/mol. The number of unbranched alkanes of at least 4 members (excludes halogenated alkanes) is 3. The lowest BCUT2D eigenvalue weighted by molar-refractivity contribution is -0.153. The van der Waals surface area contributed by atoms with Gasteiger partial charge in [0.05, 0.1) is 6.61 Å². The van der Waals surface area contributed by atoms with Crippen LogP contribution >= 0.6 is 0 Å². The number of aliphatic hydroxyl groups is 1. The van der Waals surface area contributed by atoms with Crippen LogP contribution in [0.4, 0.5) is 0 Å². The maximum absolute atomic E-state index is 11.4. The summed E-state index contributed by atoms with van der Waals surface area (Å²) in [6, 6.07) is 0. The number of allylic oxidation sites excluding steroid dienone is 8. The molecule has 0 saturated carbocycles. The molecule has 0 spiro atoms. The van der Waals surface area contributed by atoms with Crippen molar-refractivity contribution in [1.29, 1.82) is 0 Å². The van der Waals surface area contributed by atoms with Gasteiger partial charge in [-0.25, -0.2) is 4.79 Å². The smallest absolute Gasteiger partial charge is 0.334 e. The molecule has 148 valence electrons. The monoisotopic (exact) mass is 362 g/mol. The van der Waals surface area contributed by atoms with Crippen molar-refractivity contribution in [2.75, 3.05) is 6.61 Å². The number of ether oxygens (including phenoxy) is 1. The van der Waals surface area contributed by atoms with Gasteiger partial charge in [-0.3, -0.25) is 0 Å². The molecule has 3 nitrogen and oxygen atoms in total. The number of carbonyl (C=O) groups is 1. The van der Waals surface area contributed by atoms with Crippen LogP contribution in [0.25, 0.3) is 0 Å². The number of esters is 1. The molecule has 0 rings (SSSR count). The van der Waals surface area contributed by atoms with E-state index in [-0.39, 0.29) is 0 Å². The topological polar surface area (TPSA) is 46.5 Å². The van der Waals surface area contributed by atoms with Crippen molar-refractivity contribution in [1.82, 2.24) is 0 Å². The zero-order chi connectivity index (χ0) is 19.3. The summed E-state index contributed by atoms with van der Waals surface area (Å²) >= 11 is 0. The highest BCUT2D eigenvalue weighted by molar-refractivity contribution is 5.74. The molecule has 0 amide bonds. The zero-order valence-electron chi connectivity index (χ0n) is 16.7. The molecule has 0 fully saturated rings. The Morgan fingerprint density at radius 3 is 1.88 bits per heavy atom. The molecule has 0 aromatic heterocycles. The van der Waals surface area contributed by atoms with Crippen molar-refractivity contribution in [2.24, 2.45) is 0 Å². The number of hydrogen-bond acceptors (Lipinski definition) is 3. The van der Waals surface area contributed by atoms with Crippen LogP contribution < -0.4 is 0 Å². The van der Waals surface area contributed by atoms with Crippen LogP contribution in [0.2, 0.25) is 0 Å². The van der Waals surface area contributed by atoms with Crippen molar-refractivity contribution in [3.05, 3.63) is 48.6 Å². The highest BCUT2D eigenvalue weighted by atomic mass is 16.5. The standard InChI is InChI=1S/C23H38O3/c1-3-5-6-7-8-9-10-11-12-13-14-15-16-17-18-19-20-22(24)23(25)26-21-4-2/h8-9,11-12,14-15,17-18,22,24H,3-7,10,13,16,19-21H2,1-2H3/b9-8-,12-11-,15-14-,18-17-. The summed E-state index contributed by atoms with van der Waals surface area (Å²) in [4.78, 5) is 11.4. The summed E-state index contributed by atoms with van der Waals surface area (Å²) in [7, 11) is 0. The van der Waals surface area contributed by atoms with Gasteiger partial charge in [-0.2, -0.15) is 0 Å². The van der Waals surface area contributed by atoms with Crippen LogP contribution in [-0.4, -0.2) is 23.8 Å². The van der Waals surface area contributed by atoms with E-state index in [9.17, 15) is 9.90 Å². The Balaban J connectivity index is 3.58. The minimum absolute atomic E-state index is 0.375. The zero-order valence-corrected chi connectivity index (χ0v) is 16.7. The first-order chi connectivity index (χ1) is 12.7. The van der Waals surface area contributed by atoms with E-state index in [2.05, 4.69) is 49.5 Å². The second-order valence-electron chi connectivity index (χ2n) is 6.35. The lowest BCUT2D eigenvalue weighted by Gasteiger charge is -2.08. The van der Waals surface area contributed by atoms with Gasteiger partial charge in [-0.1, -0.05) is 75.3 Å². The van der Waals surface area contributed by atoms with E-state index in [1.165, 1.54) is 25.7 Å². The maximum Gasteiger partial charge on any atom is 0.334 e. The minimum atomic E-state index is -1.01. The van der Waals surface area contributed by atoms with Crippen molar-refractivity contribution < 1.29 is 14.6 Å². The molecule has 3 heteroatoms. The van der Waals surface area contributed by atoms with E-state index in [0.717, 1.165) is 25.7 Å². The molecule has 0 aliphatic rings. The fourth-order valence-corrected chi connectivity index (χ4v) is 2.23. The van der Waals surface area contributed by atoms with E-state index in [4.69, 9.17) is 4.74 Å². The van der Waals surface area contributed by atoms with Crippen LogP contribution in [0.1, 0.15) is 78.1 Å². The molecule has 1 N–H and O–H groups in total. The molecular formula is C23H38O3. The number of aliphatic hydroxyl groups excluding tert-OH is 1. The quantitative estimate of drug-likeness (QED) is 0.206. The van der Waals surface area contributed by atoms with Gasteiger partial charge in [0.2, 0.25) is 0 Å². The van der Waals surface area contributed by atoms with Crippen molar-refractivity contribution in [2.45, 2.75) is 84.2 Å². The molecule has 0 aromatic carbocycles. The summed E-state index contributed by atoms with van der Waals surface area (Å²) in [5, 5.41) is 9.62. The lowest BCUT2D eigenvalue weighted by atomic mass is 10.2. The highest BCUT2D eigenvalue weighted by Crippen LogP contribution is 2.03. The summed E-state index contributed by atoms with van der Waals surface area (Å²) in [5.74, 6) is -0.511. The summed E-state index contributed by atoms with van der Waals surface area (Å²) in [6.45, 7) is 4.53. The van der Waals surface area contributed by atoms with E-state index in [1.807, 2.05) is 13.0 Å². The molecule has 0 heterocycles. The Morgan fingerprint density at radius 2 is 1.35 bits per heavy atom. The maximum atomic E-state index is 11.4. The molecule has 0 bridgehead atoms. The lowest BCUT2D eigenvalue weighted by Crippen LogP contribution is -2.23. The average Bonchev–Trinajstić information content (AvgIpc) is 2.65. The van der Waals surface area contributed by atoms with Crippen LogP contribution in [0.5, 0.6) is 0 Å². The minimum Gasteiger partial charge on any atom is -0.464 e. The van der Waals surface area contributed by atoms with Gasteiger partial charge in [-0.15, -0.1) is 0 Å². The van der Waals surface area contributed by atoms with Crippen LogP contribution in [0.3, 0.4) is 0 Å². The Morgan fingerprint density at radius 1 is 0.808 bits per heavy atom. The first kappa shape index (κ1) is 24.4. The molecule has 26 heavy (non-hydrogen) atoms. The fraction of sp³-hybridized carbons (Fsp3) is 0.609. The van der Waals surface area contributed by atoms with Gasteiger partial charge in [-0.05, 0) is 51.4 Å². The molecule has 0 radical (unpaired) electrons. The van der Waals surface area contributed by atoms with Crippen LogP contribution in [-0.2, 0) is 9.53 Å². The third kappa shape index (κ3) is 17.2. The normalized spacial score (nSPS) is 13.5. The van der Waals surface area contributed by atoms with Gasteiger partial charge in [0.15, 0.2) is 6.10 Å². The van der Waals surface area contributed by atoms with Crippen molar-refractivity contribution in [3.8, 4) is 0 Å². The summed E-state index contributed by atoms with van der Waals surface area (Å²) < 4.78 is 4.90. The van der Waals surface area contributed by atoms with E-state index >= 15 is 0 Å². The Bertz CT molecular complexity index is 433. The molecule has 1 atom stereocenters. The van der Waals surface area contributed by atoms with E-state index in [1.54, 1.807) is 0 Å². The SMILES string of the molecule is CCCCC/C=C\C/C=C\C/C=C\C/C=C\CCC(O)C(=O)OCCC. The van der Waals surface area contributed by atoms with Gasteiger partial charge >= 0.3 is 5.97 Å². The molecule has 0 saturated heterocycles. The van der Waals surface area contributed by atoms with E-state index in [0.29, 0.717) is 19.4 Å². The molecule has 0 aromatic rings. The fourth-order valence-electron chi connectivity index (χ4n) is 2.23. The molecule has 1 unspecified atom stereocenters. The van der Waals surface area contributed by atoms with Crippen LogP contribution in [0.15, 0.2) is 48.6 Å². The first-order valence-electron chi connectivity index (χ1n) is 10.2. The second kappa shape index (κ2) is 19.7. The molecule has 0 aliphatic carbocycles. The van der Waals surface area contributed by atoms with Gasteiger partial charge in [0, 0.05) is 0 Å². The molecule has 0 aliphatic heterocycles. The van der Waals surface area contributed by atoms with Crippen molar-refractivity contribution in [3.63, 3.8) is 0 Å². The third-order valence-corrected chi connectivity index (χ3v) is 3.78. The Hall–Kier alpha value is -1.61. The summed E-state index contributed by atoms with van der Waals surface area (Å²) in [5.41, 5.74) is 0. The number of hydrogen-bond donors (Lipinski definition) is 1. The number of rotatable bonds is 16. The second-order valence-corrected chi connectivity index (χ2v) is 6.35. The van der Waals surface area contributed by atoms with Gasteiger partial charge in [0.1, 0.15) is 0 Å². The predicted octanol–water partition coefficient (Wildman–Crippen LogP) is 6.06. The third-order valence-electron chi connectivity index (χ3n) is 3.78. The molecular weight excluding hydrogens is 324 g/mol. The Kier molecular flexibility index (Phi) is 18.5. The summed E-state index contributed by atoms with van der Waals surface area (Å²) in [6.07, 6.45) is 26.1. The largest absolute Gasteiger partial charge is 0.464 e. The first-order valence-corrected chi connectivity index (χ1v) is 10.2. The number of carbonyl (C=O) groups excluding carboxylic acids is 1. The van der Waals surface area contributed by atoms with Crippen molar-refractivity contribution >= 4 is 5.97 Å². The highest BCUT2D eigenvalue weighted by Gasteiger charge is 2.14. The average molecular weight is 363 g/mol. The Labute approximate surface area is 160 Å².